The van der Waals surface area contributed by atoms with Crippen molar-refractivity contribution in [2.24, 2.45) is 0 Å². The molecule has 0 fully saturated rings. The second kappa shape index (κ2) is 3.91. The van der Waals surface area contributed by atoms with Crippen LogP contribution in [0, 0.1) is 0 Å². The van der Waals surface area contributed by atoms with Crippen LogP contribution < -0.4 is 11.5 Å². The molecule has 76 valence electrons. The molecule has 0 radical (unpaired) electrons. The van der Waals surface area contributed by atoms with Gasteiger partial charge in [-0.05, 0) is 6.42 Å². The van der Waals surface area contributed by atoms with Crippen molar-refractivity contribution in [3.8, 4) is 0 Å². The summed E-state index contributed by atoms with van der Waals surface area (Å²) in [6, 6.07) is 0. The minimum absolute atomic E-state index is 0.100. The van der Waals surface area contributed by atoms with Crippen molar-refractivity contribution in [1.82, 2.24) is 9.97 Å². The van der Waals surface area contributed by atoms with Gasteiger partial charge < -0.3 is 16.6 Å². The Morgan fingerprint density at radius 3 is 2.57 bits per heavy atom. The van der Waals surface area contributed by atoms with Crippen LogP contribution in [-0.2, 0) is 6.42 Å². The van der Waals surface area contributed by atoms with Crippen LogP contribution in [0.5, 0.6) is 0 Å². The third kappa shape index (κ3) is 1.90. The molecule has 1 aromatic heterocycles. The van der Waals surface area contributed by atoms with E-state index in [0.29, 0.717) is 12.0 Å². The molecule has 0 saturated heterocycles. The zero-order valence-electron chi connectivity index (χ0n) is 7.82. The fraction of sp³-hybridized carbons (Fsp3) is 0.375. The van der Waals surface area contributed by atoms with Gasteiger partial charge in [0.25, 0.3) is 0 Å². The van der Waals surface area contributed by atoms with E-state index in [1.165, 1.54) is 0 Å². The van der Waals surface area contributed by atoms with Crippen LogP contribution in [0.2, 0.25) is 0 Å². The average molecular weight is 196 g/mol. The molecule has 0 atom stereocenters. The van der Waals surface area contributed by atoms with Crippen molar-refractivity contribution in [2.75, 3.05) is 11.5 Å². The summed E-state index contributed by atoms with van der Waals surface area (Å²) in [7, 11) is 0. The van der Waals surface area contributed by atoms with E-state index < -0.39 is 5.97 Å². The molecule has 1 rings (SSSR count). The molecule has 6 heteroatoms. The van der Waals surface area contributed by atoms with E-state index in [-0.39, 0.29) is 17.5 Å². The second-order valence-electron chi connectivity index (χ2n) is 2.85. The number of nitrogen functional groups attached to an aromatic ring is 2. The van der Waals surface area contributed by atoms with Gasteiger partial charge >= 0.3 is 5.97 Å². The summed E-state index contributed by atoms with van der Waals surface area (Å²) in [5.41, 5.74) is 11.2. The van der Waals surface area contributed by atoms with Gasteiger partial charge in [0.1, 0.15) is 5.82 Å². The highest BCUT2D eigenvalue weighted by atomic mass is 16.4. The summed E-state index contributed by atoms with van der Waals surface area (Å²) in [4.78, 5) is 18.2. The van der Waals surface area contributed by atoms with Crippen LogP contribution in [0.15, 0.2) is 0 Å². The van der Waals surface area contributed by atoms with Crippen molar-refractivity contribution in [2.45, 2.75) is 19.8 Å². The lowest BCUT2D eigenvalue weighted by atomic mass is 10.1. The first-order valence-electron chi connectivity index (χ1n) is 4.21. The molecule has 1 aromatic rings. The maximum Gasteiger partial charge on any atom is 0.355 e. The van der Waals surface area contributed by atoms with E-state index in [0.717, 1.165) is 6.42 Å². The van der Waals surface area contributed by atoms with Crippen molar-refractivity contribution in [3.05, 3.63) is 11.3 Å². The third-order valence-corrected chi connectivity index (χ3v) is 1.76. The molecule has 0 saturated carbocycles. The first kappa shape index (κ1) is 10.2. The molecule has 6 nitrogen and oxygen atoms in total. The zero-order chi connectivity index (χ0) is 10.7. The Hall–Kier alpha value is -1.85. The number of carboxylic acid groups (broad SMARTS) is 1. The molecule has 14 heavy (non-hydrogen) atoms. The smallest absolute Gasteiger partial charge is 0.355 e. The number of hydrogen-bond acceptors (Lipinski definition) is 5. The summed E-state index contributed by atoms with van der Waals surface area (Å²) in [5, 5.41) is 8.84. The lowest BCUT2D eigenvalue weighted by molar-refractivity contribution is 0.0689. The lowest BCUT2D eigenvalue weighted by Crippen LogP contribution is -2.13. The number of anilines is 2. The minimum Gasteiger partial charge on any atom is -0.476 e. The summed E-state index contributed by atoms with van der Waals surface area (Å²) in [5.74, 6) is -1.09. The molecule has 0 spiro atoms. The van der Waals surface area contributed by atoms with Crippen molar-refractivity contribution < 1.29 is 9.90 Å². The number of hydrogen-bond donors (Lipinski definition) is 3. The van der Waals surface area contributed by atoms with Crippen molar-refractivity contribution in [1.29, 1.82) is 0 Å². The van der Waals surface area contributed by atoms with Gasteiger partial charge in [0.15, 0.2) is 5.69 Å². The third-order valence-electron chi connectivity index (χ3n) is 1.76. The van der Waals surface area contributed by atoms with Gasteiger partial charge in [0.05, 0.1) is 0 Å². The molecule has 5 N–H and O–H groups in total. The van der Waals surface area contributed by atoms with Gasteiger partial charge in [0, 0.05) is 5.56 Å². The molecule has 0 aliphatic rings. The molecular formula is C8H12N4O2. The predicted octanol–water partition coefficient (Wildman–Crippen LogP) is 0.292. The van der Waals surface area contributed by atoms with Gasteiger partial charge in [0.2, 0.25) is 5.95 Å². The minimum atomic E-state index is -1.13. The van der Waals surface area contributed by atoms with Crippen LogP contribution in [0.1, 0.15) is 29.4 Å². The van der Waals surface area contributed by atoms with Crippen LogP contribution in [-0.4, -0.2) is 21.0 Å². The van der Waals surface area contributed by atoms with Crippen LogP contribution in [0.3, 0.4) is 0 Å². The Balaban J connectivity index is 3.28. The molecule has 0 amide bonds. The maximum atomic E-state index is 10.8. The van der Waals surface area contributed by atoms with Gasteiger partial charge in [-0.3, -0.25) is 0 Å². The number of carboxylic acids is 1. The first-order valence-corrected chi connectivity index (χ1v) is 4.21. The topological polar surface area (TPSA) is 115 Å². The Kier molecular flexibility index (Phi) is 2.85. The van der Waals surface area contributed by atoms with Crippen LogP contribution in [0.4, 0.5) is 11.8 Å². The Labute approximate surface area is 81.0 Å². The van der Waals surface area contributed by atoms with Gasteiger partial charge in [-0.1, -0.05) is 13.3 Å². The van der Waals surface area contributed by atoms with E-state index in [9.17, 15) is 4.79 Å². The molecular weight excluding hydrogens is 184 g/mol. The standard InChI is InChI=1S/C8H12N4O2/c1-2-3-4-5(7(13)14)11-8(10)12-6(4)9/h2-3H2,1H3,(H,13,14)(H4,9,10,11,12). The molecule has 0 bridgehead atoms. The predicted molar refractivity (Wildman–Crippen MR) is 51.8 cm³/mol. The lowest BCUT2D eigenvalue weighted by Gasteiger charge is -2.07. The van der Waals surface area contributed by atoms with Gasteiger partial charge in [-0.25, -0.2) is 9.78 Å². The monoisotopic (exact) mass is 196 g/mol. The number of carbonyl (C=O) groups is 1. The molecule has 0 aromatic carbocycles. The molecule has 0 aliphatic carbocycles. The summed E-state index contributed by atoms with van der Waals surface area (Å²) < 4.78 is 0. The fourth-order valence-electron chi connectivity index (χ4n) is 1.19. The van der Waals surface area contributed by atoms with Crippen molar-refractivity contribution >= 4 is 17.7 Å². The first-order chi connectivity index (χ1) is 6.56. The zero-order valence-corrected chi connectivity index (χ0v) is 7.82. The van der Waals surface area contributed by atoms with E-state index in [1.807, 2.05) is 6.92 Å². The van der Waals surface area contributed by atoms with Crippen molar-refractivity contribution in [3.63, 3.8) is 0 Å². The number of nitrogens with two attached hydrogens (primary N) is 2. The van der Waals surface area contributed by atoms with E-state index >= 15 is 0 Å². The van der Waals surface area contributed by atoms with Crippen LogP contribution in [0.25, 0.3) is 0 Å². The highest BCUT2D eigenvalue weighted by Gasteiger charge is 2.16. The highest BCUT2D eigenvalue weighted by molar-refractivity contribution is 5.88. The number of rotatable bonds is 3. The normalized spacial score (nSPS) is 10.1. The molecule has 1 heterocycles. The summed E-state index contributed by atoms with van der Waals surface area (Å²) in [6.45, 7) is 1.92. The molecule has 0 unspecified atom stereocenters. The number of aromatic nitrogens is 2. The maximum absolute atomic E-state index is 10.8. The van der Waals surface area contributed by atoms with E-state index in [1.54, 1.807) is 0 Å². The Morgan fingerprint density at radius 1 is 1.43 bits per heavy atom. The summed E-state index contributed by atoms with van der Waals surface area (Å²) >= 11 is 0. The SMILES string of the molecule is CCCc1c(N)nc(N)nc1C(=O)O. The molecule has 0 aliphatic heterocycles. The van der Waals surface area contributed by atoms with E-state index in [2.05, 4.69) is 9.97 Å². The number of nitrogens with zero attached hydrogens (tertiary/aromatic N) is 2. The van der Waals surface area contributed by atoms with Gasteiger partial charge in [-0.15, -0.1) is 0 Å². The second-order valence-corrected chi connectivity index (χ2v) is 2.85. The largest absolute Gasteiger partial charge is 0.476 e. The average Bonchev–Trinajstić information content (AvgIpc) is 2.09. The number of aromatic carboxylic acids is 1. The Bertz CT molecular complexity index is 365. The van der Waals surface area contributed by atoms with E-state index in [4.69, 9.17) is 16.6 Å². The Morgan fingerprint density at radius 2 is 2.07 bits per heavy atom. The van der Waals surface area contributed by atoms with Crippen LogP contribution >= 0.6 is 0 Å². The fourth-order valence-corrected chi connectivity index (χ4v) is 1.19. The highest BCUT2D eigenvalue weighted by Crippen LogP contribution is 2.16. The quantitative estimate of drug-likeness (QED) is 0.640. The van der Waals surface area contributed by atoms with Gasteiger partial charge in [-0.2, -0.15) is 4.98 Å². The summed E-state index contributed by atoms with van der Waals surface area (Å²) in [6.07, 6.45) is 1.31.